The zero-order valence-electron chi connectivity index (χ0n) is 7.41. The minimum Gasteiger partial charge on any atom is -0.378 e. The van der Waals surface area contributed by atoms with Crippen LogP contribution in [0.25, 0.3) is 0 Å². The van der Waals surface area contributed by atoms with Gasteiger partial charge in [0.2, 0.25) is 0 Å². The summed E-state index contributed by atoms with van der Waals surface area (Å²) in [6.45, 7) is 0.488. The van der Waals surface area contributed by atoms with Gasteiger partial charge in [-0.1, -0.05) is 12.1 Å². The summed E-state index contributed by atoms with van der Waals surface area (Å²) in [5, 5.41) is 8.49. The molecule has 0 fully saturated rings. The maximum atomic E-state index is 8.49. The number of hydrogen-bond donors (Lipinski definition) is 2. The average molecular weight is 166 g/mol. The van der Waals surface area contributed by atoms with E-state index in [1.807, 2.05) is 43.3 Å². The Kier molecular flexibility index (Phi) is 3.08. The van der Waals surface area contributed by atoms with Crippen LogP contribution in [0, 0.1) is 0 Å². The number of benzene rings is 1. The van der Waals surface area contributed by atoms with Crippen molar-refractivity contribution in [3.63, 3.8) is 0 Å². The topological polar surface area (TPSA) is 35.5 Å². The minimum absolute atomic E-state index is 0.488. The number of nitrogens with one attached hydrogen (secondary N) is 1. The van der Waals surface area contributed by atoms with Crippen molar-refractivity contribution in [3.05, 3.63) is 29.8 Å². The van der Waals surface area contributed by atoms with Crippen LogP contribution in [-0.2, 0) is 6.54 Å². The highest BCUT2D eigenvalue weighted by atomic mass is 16.5. The molecule has 1 aromatic carbocycles. The van der Waals surface area contributed by atoms with Crippen LogP contribution in [0.5, 0.6) is 0 Å². The standard InChI is InChI=1S/C9H14N2O/c1-11(2)9-5-3-4-8(6-9)7-10-12/h3-6,10,12H,7H2,1-2H3. The van der Waals surface area contributed by atoms with Crippen LogP contribution in [0.4, 0.5) is 5.69 Å². The second-order valence-electron chi connectivity index (χ2n) is 2.90. The third-order valence-electron chi connectivity index (χ3n) is 1.71. The fourth-order valence-corrected chi connectivity index (χ4v) is 1.04. The number of rotatable bonds is 3. The summed E-state index contributed by atoms with van der Waals surface area (Å²) in [5.74, 6) is 0. The third kappa shape index (κ3) is 2.22. The molecule has 0 atom stereocenters. The molecule has 0 unspecified atom stereocenters. The summed E-state index contributed by atoms with van der Waals surface area (Å²) in [4.78, 5) is 2.03. The monoisotopic (exact) mass is 166 g/mol. The Morgan fingerprint density at radius 1 is 1.42 bits per heavy atom. The van der Waals surface area contributed by atoms with Gasteiger partial charge in [0.1, 0.15) is 0 Å². The highest BCUT2D eigenvalue weighted by molar-refractivity contribution is 5.46. The lowest BCUT2D eigenvalue weighted by Crippen LogP contribution is -2.10. The molecule has 0 radical (unpaired) electrons. The van der Waals surface area contributed by atoms with E-state index >= 15 is 0 Å². The Labute approximate surface area is 72.6 Å². The van der Waals surface area contributed by atoms with Gasteiger partial charge in [0.15, 0.2) is 0 Å². The smallest absolute Gasteiger partial charge is 0.0458 e. The SMILES string of the molecule is CN(C)c1cccc(CNO)c1. The van der Waals surface area contributed by atoms with Gasteiger partial charge in [-0.25, -0.2) is 5.48 Å². The second-order valence-corrected chi connectivity index (χ2v) is 2.90. The van der Waals surface area contributed by atoms with Crippen LogP contribution >= 0.6 is 0 Å². The van der Waals surface area contributed by atoms with Crippen LogP contribution in [-0.4, -0.2) is 19.3 Å². The lowest BCUT2D eigenvalue weighted by atomic mass is 10.2. The van der Waals surface area contributed by atoms with Crippen LogP contribution in [0.15, 0.2) is 24.3 Å². The molecule has 0 aliphatic carbocycles. The van der Waals surface area contributed by atoms with Crippen molar-refractivity contribution in [2.75, 3.05) is 19.0 Å². The molecule has 1 aromatic rings. The first-order chi connectivity index (χ1) is 5.74. The molecular formula is C9H14N2O. The van der Waals surface area contributed by atoms with Gasteiger partial charge in [-0.05, 0) is 17.7 Å². The van der Waals surface area contributed by atoms with Crippen molar-refractivity contribution in [2.45, 2.75) is 6.54 Å². The summed E-state index contributed by atoms with van der Waals surface area (Å²) in [7, 11) is 3.98. The van der Waals surface area contributed by atoms with E-state index in [2.05, 4.69) is 5.48 Å². The Bertz CT molecular complexity index is 248. The van der Waals surface area contributed by atoms with E-state index in [1.54, 1.807) is 0 Å². The molecule has 2 N–H and O–H groups in total. The van der Waals surface area contributed by atoms with Gasteiger partial charge < -0.3 is 10.1 Å². The van der Waals surface area contributed by atoms with Gasteiger partial charge in [-0.3, -0.25) is 0 Å². The van der Waals surface area contributed by atoms with Crippen molar-refractivity contribution in [3.8, 4) is 0 Å². The third-order valence-corrected chi connectivity index (χ3v) is 1.71. The summed E-state index contributed by atoms with van der Waals surface area (Å²) in [6.07, 6.45) is 0. The number of hydrogen-bond acceptors (Lipinski definition) is 3. The van der Waals surface area contributed by atoms with Crippen LogP contribution in [0.1, 0.15) is 5.56 Å². The molecule has 0 amide bonds. The van der Waals surface area contributed by atoms with Crippen LogP contribution in [0.3, 0.4) is 0 Å². The van der Waals surface area contributed by atoms with Gasteiger partial charge in [0, 0.05) is 26.3 Å². The fourth-order valence-electron chi connectivity index (χ4n) is 1.04. The summed E-state index contributed by atoms with van der Waals surface area (Å²) in [5.41, 5.74) is 4.35. The van der Waals surface area contributed by atoms with Gasteiger partial charge in [-0.15, -0.1) is 0 Å². The Hall–Kier alpha value is -1.06. The van der Waals surface area contributed by atoms with E-state index in [0.717, 1.165) is 11.3 Å². The molecule has 0 aliphatic heterocycles. The lowest BCUT2D eigenvalue weighted by molar-refractivity contribution is 0.161. The molecule has 0 aliphatic rings. The molecule has 0 heterocycles. The predicted molar refractivity (Wildman–Crippen MR) is 49.4 cm³/mol. The Balaban J connectivity index is 2.81. The highest BCUT2D eigenvalue weighted by Gasteiger charge is 1.95. The van der Waals surface area contributed by atoms with Crippen molar-refractivity contribution in [1.29, 1.82) is 0 Å². The van der Waals surface area contributed by atoms with E-state index in [-0.39, 0.29) is 0 Å². The number of anilines is 1. The first kappa shape index (κ1) is 9.03. The normalized spacial score (nSPS) is 9.92. The molecule has 3 nitrogen and oxygen atoms in total. The summed E-state index contributed by atoms with van der Waals surface area (Å²) < 4.78 is 0. The summed E-state index contributed by atoms with van der Waals surface area (Å²) in [6, 6.07) is 8.00. The number of hydroxylamine groups is 1. The molecule has 0 spiro atoms. The van der Waals surface area contributed by atoms with Gasteiger partial charge in [0.05, 0.1) is 0 Å². The second kappa shape index (κ2) is 4.09. The molecule has 1 rings (SSSR count). The van der Waals surface area contributed by atoms with E-state index in [1.165, 1.54) is 0 Å². The molecule has 0 saturated heterocycles. The summed E-state index contributed by atoms with van der Waals surface area (Å²) >= 11 is 0. The maximum absolute atomic E-state index is 8.49. The molecule has 0 saturated carbocycles. The zero-order valence-corrected chi connectivity index (χ0v) is 7.41. The largest absolute Gasteiger partial charge is 0.378 e. The molecule has 0 aromatic heterocycles. The van der Waals surface area contributed by atoms with Gasteiger partial charge >= 0.3 is 0 Å². The zero-order chi connectivity index (χ0) is 8.97. The van der Waals surface area contributed by atoms with Crippen LogP contribution < -0.4 is 10.4 Å². The van der Waals surface area contributed by atoms with Gasteiger partial charge in [-0.2, -0.15) is 0 Å². The first-order valence-electron chi connectivity index (χ1n) is 3.87. The Morgan fingerprint density at radius 3 is 2.75 bits per heavy atom. The average Bonchev–Trinajstić information content (AvgIpc) is 2.05. The van der Waals surface area contributed by atoms with Crippen LogP contribution in [0.2, 0.25) is 0 Å². The van der Waals surface area contributed by atoms with E-state index in [0.29, 0.717) is 6.54 Å². The number of nitrogens with zero attached hydrogens (tertiary/aromatic N) is 1. The molecule has 3 heteroatoms. The first-order valence-corrected chi connectivity index (χ1v) is 3.87. The molecule has 66 valence electrons. The fraction of sp³-hybridized carbons (Fsp3) is 0.333. The molecule has 12 heavy (non-hydrogen) atoms. The van der Waals surface area contributed by atoms with E-state index in [9.17, 15) is 0 Å². The van der Waals surface area contributed by atoms with Crippen molar-refractivity contribution in [1.82, 2.24) is 5.48 Å². The minimum atomic E-state index is 0.488. The molecule has 0 bridgehead atoms. The predicted octanol–water partition coefficient (Wildman–Crippen LogP) is 1.23. The lowest BCUT2D eigenvalue weighted by Gasteiger charge is -2.13. The van der Waals surface area contributed by atoms with Crippen molar-refractivity contribution >= 4 is 5.69 Å². The van der Waals surface area contributed by atoms with E-state index in [4.69, 9.17) is 5.21 Å². The maximum Gasteiger partial charge on any atom is 0.0458 e. The van der Waals surface area contributed by atoms with Crippen molar-refractivity contribution in [2.24, 2.45) is 0 Å². The van der Waals surface area contributed by atoms with Crippen molar-refractivity contribution < 1.29 is 5.21 Å². The molecular weight excluding hydrogens is 152 g/mol. The highest BCUT2D eigenvalue weighted by Crippen LogP contribution is 2.12. The quantitative estimate of drug-likeness (QED) is 0.663. The Morgan fingerprint density at radius 2 is 2.17 bits per heavy atom. The van der Waals surface area contributed by atoms with E-state index < -0.39 is 0 Å². The van der Waals surface area contributed by atoms with Gasteiger partial charge in [0.25, 0.3) is 0 Å².